The zero-order valence-electron chi connectivity index (χ0n) is 16.6. The minimum absolute atomic E-state index is 0.255. The molecule has 0 aliphatic rings. The Balaban J connectivity index is 3.24. The van der Waals surface area contributed by atoms with Gasteiger partial charge in [0.15, 0.2) is 0 Å². The topological polar surface area (TPSA) is 66.5 Å². The van der Waals surface area contributed by atoms with Crippen LogP contribution in [-0.2, 0) is 0 Å². The van der Waals surface area contributed by atoms with Crippen LogP contribution in [0.1, 0.15) is 103 Å². The van der Waals surface area contributed by atoms with E-state index in [9.17, 15) is 0 Å². The van der Waals surface area contributed by atoms with Crippen molar-refractivity contribution in [2.24, 2.45) is 11.7 Å². The summed E-state index contributed by atoms with van der Waals surface area (Å²) in [5, 5.41) is 18.0. The van der Waals surface area contributed by atoms with Gasteiger partial charge in [-0.3, -0.25) is 0 Å². The van der Waals surface area contributed by atoms with E-state index in [4.69, 9.17) is 15.9 Å². The third kappa shape index (κ3) is 19.8. The second-order valence-electron chi connectivity index (χ2n) is 7.41. The van der Waals surface area contributed by atoms with Gasteiger partial charge in [0.2, 0.25) is 0 Å². The molecule has 0 heterocycles. The molecule has 0 saturated heterocycles. The fraction of sp³-hybridized carbons (Fsp3) is 0.909. The van der Waals surface area contributed by atoms with Crippen molar-refractivity contribution in [2.75, 3.05) is 19.8 Å². The van der Waals surface area contributed by atoms with Crippen molar-refractivity contribution in [2.45, 2.75) is 103 Å². The van der Waals surface area contributed by atoms with Crippen LogP contribution in [0, 0.1) is 5.92 Å². The first-order valence-electron chi connectivity index (χ1n) is 10.9. The molecule has 0 saturated carbocycles. The maximum Gasteiger partial charge on any atom is 0.0433 e. The zero-order valence-corrected chi connectivity index (χ0v) is 16.6. The number of aliphatic hydroxyl groups is 2. The summed E-state index contributed by atoms with van der Waals surface area (Å²) >= 11 is 0. The smallest absolute Gasteiger partial charge is 0.0433 e. The van der Waals surface area contributed by atoms with E-state index in [0.717, 1.165) is 25.8 Å². The molecule has 0 fully saturated rings. The Hall–Kier alpha value is -0.380. The fourth-order valence-electron chi connectivity index (χ4n) is 3.37. The van der Waals surface area contributed by atoms with Crippen LogP contribution in [0.4, 0.5) is 0 Å². The van der Waals surface area contributed by atoms with Gasteiger partial charge in [0, 0.05) is 13.2 Å². The summed E-state index contributed by atoms with van der Waals surface area (Å²) in [5.41, 5.74) is 5.49. The molecule has 0 aromatic heterocycles. The standard InChI is InChI=1S/C22H45NO2/c23-19-15-13-11-9-7-5-3-1-2-4-6-8-10-12-14-16-22(17-20-24)18-21-25/h1-2,22,24-25H,3-21,23H2. The van der Waals surface area contributed by atoms with Crippen LogP contribution >= 0.6 is 0 Å². The molecule has 0 unspecified atom stereocenters. The number of allylic oxidation sites excluding steroid dienone is 2. The summed E-state index contributed by atoms with van der Waals surface area (Å²) in [6.07, 6.45) is 24.5. The van der Waals surface area contributed by atoms with Crippen molar-refractivity contribution < 1.29 is 10.2 Å². The molecule has 0 atom stereocenters. The highest BCUT2D eigenvalue weighted by atomic mass is 16.3. The molecule has 0 aliphatic heterocycles. The van der Waals surface area contributed by atoms with Crippen LogP contribution in [0.5, 0.6) is 0 Å². The molecule has 150 valence electrons. The number of unbranched alkanes of at least 4 members (excludes halogenated alkanes) is 11. The zero-order chi connectivity index (χ0) is 18.4. The number of hydrogen-bond acceptors (Lipinski definition) is 3. The Labute approximate surface area is 157 Å². The molecule has 0 radical (unpaired) electrons. The minimum Gasteiger partial charge on any atom is -0.396 e. The molecule has 3 heteroatoms. The lowest BCUT2D eigenvalue weighted by Gasteiger charge is -2.13. The van der Waals surface area contributed by atoms with Crippen LogP contribution in [-0.4, -0.2) is 30.0 Å². The third-order valence-corrected chi connectivity index (χ3v) is 5.05. The summed E-state index contributed by atoms with van der Waals surface area (Å²) in [7, 11) is 0. The van der Waals surface area contributed by atoms with E-state index in [2.05, 4.69) is 12.2 Å². The maximum atomic E-state index is 9.01. The highest BCUT2D eigenvalue weighted by Crippen LogP contribution is 2.18. The number of nitrogens with two attached hydrogens (primary N) is 1. The van der Waals surface area contributed by atoms with Crippen LogP contribution in [0.15, 0.2) is 12.2 Å². The minimum atomic E-state index is 0.255. The van der Waals surface area contributed by atoms with Gasteiger partial charge in [0.05, 0.1) is 0 Å². The maximum absolute atomic E-state index is 9.01. The first-order valence-corrected chi connectivity index (χ1v) is 10.9. The molecule has 0 bridgehead atoms. The van der Waals surface area contributed by atoms with Crippen molar-refractivity contribution in [1.29, 1.82) is 0 Å². The number of rotatable bonds is 20. The van der Waals surface area contributed by atoms with Crippen LogP contribution in [0.2, 0.25) is 0 Å². The van der Waals surface area contributed by atoms with Gasteiger partial charge in [-0.25, -0.2) is 0 Å². The van der Waals surface area contributed by atoms with Gasteiger partial charge in [0.1, 0.15) is 0 Å². The second-order valence-corrected chi connectivity index (χ2v) is 7.41. The van der Waals surface area contributed by atoms with Crippen molar-refractivity contribution >= 4 is 0 Å². The Morgan fingerprint density at radius 1 is 0.560 bits per heavy atom. The van der Waals surface area contributed by atoms with Crippen molar-refractivity contribution in [3.05, 3.63) is 12.2 Å². The predicted molar refractivity (Wildman–Crippen MR) is 110 cm³/mol. The van der Waals surface area contributed by atoms with Gasteiger partial charge < -0.3 is 15.9 Å². The fourth-order valence-corrected chi connectivity index (χ4v) is 3.37. The molecule has 0 aliphatic carbocycles. The molecule has 0 rings (SSSR count). The van der Waals surface area contributed by atoms with E-state index in [-0.39, 0.29) is 13.2 Å². The molecular formula is C22H45NO2. The summed E-state index contributed by atoms with van der Waals surface area (Å²) in [6.45, 7) is 1.35. The van der Waals surface area contributed by atoms with E-state index in [1.54, 1.807) is 0 Å². The van der Waals surface area contributed by atoms with E-state index < -0.39 is 0 Å². The van der Waals surface area contributed by atoms with E-state index in [0.29, 0.717) is 5.92 Å². The highest BCUT2D eigenvalue weighted by molar-refractivity contribution is 4.81. The molecule has 0 amide bonds. The predicted octanol–water partition coefficient (Wildman–Crippen LogP) is 5.34. The molecule has 0 aromatic carbocycles. The lowest BCUT2D eigenvalue weighted by atomic mass is 9.95. The lowest BCUT2D eigenvalue weighted by Crippen LogP contribution is -2.05. The first kappa shape index (κ1) is 24.6. The number of hydrogen-bond donors (Lipinski definition) is 3. The van der Waals surface area contributed by atoms with Gasteiger partial charge in [-0.2, -0.15) is 0 Å². The molecule has 25 heavy (non-hydrogen) atoms. The SMILES string of the molecule is NCCCCCCCCC=CCCCCCCCC(CCO)CCO. The Morgan fingerprint density at radius 3 is 1.48 bits per heavy atom. The van der Waals surface area contributed by atoms with Crippen molar-refractivity contribution in [3.63, 3.8) is 0 Å². The summed E-state index contributed by atoms with van der Waals surface area (Å²) < 4.78 is 0. The van der Waals surface area contributed by atoms with Crippen molar-refractivity contribution in [1.82, 2.24) is 0 Å². The average Bonchev–Trinajstić information content (AvgIpc) is 2.61. The van der Waals surface area contributed by atoms with Gasteiger partial charge in [0.25, 0.3) is 0 Å². The van der Waals surface area contributed by atoms with E-state index >= 15 is 0 Å². The molecule has 0 spiro atoms. The largest absolute Gasteiger partial charge is 0.396 e. The summed E-state index contributed by atoms with van der Waals surface area (Å²) in [6, 6.07) is 0. The summed E-state index contributed by atoms with van der Waals surface area (Å²) in [5.74, 6) is 0.513. The monoisotopic (exact) mass is 355 g/mol. The normalized spacial score (nSPS) is 11.8. The van der Waals surface area contributed by atoms with Crippen molar-refractivity contribution in [3.8, 4) is 0 Å². The Morgan fingerprint density at radius 2 is 1.00 bits per heavy atom. The first-order chi connectivity index (χ1) is 12.3. The van der Waals surface area contributed by atoms with Gasteiger partial charge in [-0.15, -0.1) is 0 Å². The number of aliphatic hydroxyl groups excluding tert-OH is 2. The van der Waals surface area contributed by atoms with E-state index in [1.165, 1.54) is 83.5 Å². The Bertz CT molecular complexity index is 263. The summed E-state index contributed by atoms with van der Waals surface area (Å²) in [4.78, 5) is 0. The second kappa shape index (κ2) is 21.7. The van der Waals surface area contributed by atoms with Crippen LogP contribution in [0.25, 0.3) is 0 Å². The van der Waals surface area contributed by atoms with Gasteiger partial charge >= 0.3 is 0 Å². The lowest BCUT2D eigenvalue weighted by molar-refractivity contribution is 0.207. The molecule has 3 nitrogen and oxygen atoms in total. The van der Waals surface area contributed by atoms with E-state index in [1.807, 2.05) is 0 Å². The van der Waals surface area contributed by atoms with Crippen LogP contribution in [0.3, 0.4) is 0 Å². The third-order valence-electron chi connectivity index (χ3n) is 5.05. The quantitative estimate of drug-likeness (QED) is 0.204. The average molecular weight is 356 g/mol. The van der Waals surface area contributed by atoms with Gasteiger partial charge in [-0.1, -0.05) is 69.9 Å². The molecular weight excluding hydrogens is 310 g/mol. The van der Waals surface area contributed by atoms with Crippen LogP contribution < -0.4 is 5.73 Å². The molecule has 4 N–H and O–H groups in total. The Kier molecular flexibility index (Phi) is 21.3. The van der Waals surface area contributed by atoms with Gasteiger partial charge in [-0.05, 0) is 57.4 Å². The molecule has 0 aromatic rings. The highest BCUT2D eigenvalue weighted by Gasteiger charge is 2.06.